The number of hydrogen-bond acceptors (Lipinski definition) is 2. The number of aromatic amines is 1. The highest BCUT2D eigenvalue weighted by molar-refractivity contribution is 5.53. The lowest BCUT2D eigenvalue weighted by molar-refractivity contribution is 0.695. The highest BCUT2D eigenvalue weighted by atomic mass is 15.2. The molecule has 0 aliphatic carbocycles. The van der Waals surface area contributed by atoms with Crippen LogP contribution in [0, 0.1) is 0 Å². The molecule has 0 fully saturated rings. The Bertz CT molecular complexity index is 420. The minimum absolute atomic E-state index is 0.868. The maximum atomic E-state index is 4.49. The van der Waals surface area contributed by atoms with Crippen molar-refractivity contribution in [2.45, 2.75) is 32.6 Å². The summed E-state index contributed by atoms with van der Waals surface area (Å²) >= 11 is 0. The van der Waals surface area contributed by atoms with Crippen LogP contribution < -0.4 is 0 Å². The van der Waals surface area contributed by atoms with Gasteiger partial charge in [-0.25, -0.2) is 4.98 Å². The molecule has 3 heteroatoms. The molecular formula is C13H17N3. The molecule has 84 valence electrons. The van der Waals surface area contributed by atoms with E-state index in [-0.39, 0.29) is 0 Å². The molecule has 1 aromatic heterocycles. The van der Waals surface area contributed by atoms with E-state index in [9.17, 15) is 0 Å². The van der Waals surface area contributed by atoms with Crippen LogP contribution in [0.15, 0.2) is 30.3 Å². The van der Waals surface area contributed by atoms with Gasteiger partial charge in [0.05, 0.1) is 0 Å². The summed E-state index contributed by atoms with van der Waals surface area (Å²) in [6.07, 6.45) is 4.62. The minimum atomic E-state index is 0.868. The standard InChI is InChI=1S/C13H17N3/c1-2-3-5-10-12-14-13(16-15-12)11-8-6-4-7-9-11/h4,6-9H,2-3,5,10H2,1H3,(H,14,15,16). The zero-order valence-electron chi connectivity index (χ0n) is 9.61. The van der Waals surface area contributed by atoms with Gasteiger partial charge in [0, 0.05) is 12.0 Å². The van der Waals surface area contributed by atoms with Gasteiger partial charge in [0.25, 0.3) is 0 Å². The van der Waals surface area contributed by atoms with E-state index in [1.54, 1.807) is 0 Å². The van der Waals surface area contributed by atoms with Crippen molar-refractivity contribution >= 4 is 0 Å². The van der Waals surface area contributed by atoms with Gasteiger partial charge < -0.3 is 0 Å². The fourth-order valence-electron chi connectivity index (χ4n) is 1.67. The first-order valence-electron chi connectivity index (χ1n) is 5.87. The Hall–Kier alpha value is -1.64. The lowest BCUT2D eigenvalue weighted by Crippen LogP contribution is -1.88. The van der Waals surface area contributed by atoms with Crippen molar-refractivity contribution in [1.82, 2.24) is 15.2 Å². The van der Waals surface area contributed by atoms with E-state index in [1.165, 1.54) is 19.3 Å². The normalized spacial score (nSPS) is 10.6. The predicted octanol–water partition coefficient (Wildman–Crippen LogP) is 3.20. The van der Waals surface area contributed by atoms with E-state index in [4.69, 9.17) is 0 Å². The van der Waals surface area contributed by atoms with Crippen LogP contribution in [0.25, 0.3) is 11.4 Å². The monoisotopic (exact) mass is 215 g/mol. The molecule has 2 aromatic rings. The minimum Gasteiger partial charge on any atom is -0.259 e. The first-order chi connectivity index (χ1) is 7.90. The van der Waals surface area contributed by atoms with Crippen LogP contribution in [0.4, 0.5) is 0 Å². The van der Waals surface area contributed by atoms with Gasteiger partial charge in [-0.3, -0.25) is 5.10 Å². The van der Waals surface area contributed by atoms with Gasteiger partial charge in [-0.15, -0.1) is 0 Å². The number of nitrogens with one attached hydrogen (secondary N) is 1. The fraction of sp³-hybridized carbons (Fsp3) is 0.385. The van der Waals surface area contributed by atoms with Gasteiger partial charge in [0.1, 0.15) is 0 Å². The van der Waals surface area contributed by atoms with Crippen molar-refractivity contribution in [3.8, 4) is 11.4 Å². The second-order valence-corrected chi connectivity index (χ2v) is 3.92. The van der Waals surface area contributed by atoms with E-state index in [0.29, 0.717) is 0 Å². The van der Waals surface area contributed by atoms with E-state index in [1.807, 2.05) is 30.3 Å². The van der Waals surface area contributed by atoms with Crippen LogP contribution in [-0.4, -0.2) is 15.2 Å². The smallest absolute Gasteiger partial charge is 0.155 e. The maximum Gasteiger partial charge on any atom is 0.155 e. The van der Waals surface area contributed by atoms with Crippen molar-refractivity contribution in [1.29, 1.82) is 0 Å². The number of aromatic nitrogens is 3. The summed E-state index contributed by atoms with van der Waals surface area (Å²) in [5, 5.41) is 7.22. The molecule has 0 saturated heterocycles. The molecule has 0 aliphatic rings. The average molecular weight is 215 g/mol. The number of nitrogens with zero attached hydrogens (tertiary/aromatic N) is 2. The Kier molecular flexibility index (Phi) is 3.70. The molecule has 1 heterocycles. The molecule has 0 saturated carbocycles. The third-order valence-electron chi connectivity index (χ3n) is 2.58. The summed E-state index contributed by atoms with van der Waals surface area (Å²) in [7, 11) is 0. The number of rotatable bonds is 5. The molecule has 1 aromatic carbocycles. The van der Waals surface area contributed by atoms with Crippen molar-refractivity contribution in [3.05, 3.63) is 36.2 Å². The Morgan fingerprint density at radius 2 is 1.94 bits per heavy atom. The van der Waals surface area contributed by atoms with Gasteiger partial charge in [-0.1, -0.05) is 50.1 Å². The molecule has 0 amide bonds. The zero-order chi connectivity index (χ0) is 11.2. The van der Waals surface area contributed by atoms with Crippen LogP contribution in [0.2, 0.25) is 0 Å². The Morgan fingerprint density at radius 1 is 1.12 bits per heavy atom. The van der Waals surface area contributed by atoms with Crippen LogP contribution in [-0.2, 0) is 6.42 Å². The summed E-state index contributed by atoms with van der Waals surface area (Å²) < 4.78 is 0. The molecule has 0 bridgehead atoms. The maximum absolute atomic E-state index is 4.49. The lowest BCUT2D eigenvalue weighted by atomic mass is 10.2. The Balaban J connectivity index is 2.02. The third-order valence-corrected chi connectivity index (χ3v) is 2.58. The van der Waals surface area contributed by atoms with Crippen LogP contribution in [0.1, 0.15) is 32.0 Å². The van der Waals surface area contributed by atoms with E-state index < -0.39 is 0 Å². The summed E-state index contributed by atoms with van der Waals surface area (Å²) in [5.41, 5.74) is 1.09. The molecule has 0 spiro atoms. The van der Waals surface area contributed by atoms with E-state index >= 15 is 0 Å². The van der Waals surface area contributed by atoms with Crippen LogP contribution in [0.3, 0.4) is 0 Å². The second-order valence-electron chi connectivity index (χ2n) is 3.92. The van der Waals surface area contributed by atoms with Gasteiger partial charge >= 0.3 is 0 Å². The largest absolute Gasteiger partial charge is 0.259 e. The first kappa shape index (κ1) is 10.9. The summed E-state index contributed by atoms with van der Waals surface area (Å²) in [4.78, 5) is 4.49. The Morgan fingerprint density at radius 3 is 2.69 bits per heavy atom. The van der Waals surface area contributed by atoms with E-state index in [2.05, 4.69) is 22.1 Å². The zero-order valence-corrected chi connectivity index (χ0v) is 9.61. The van der Waals surface area contributed by atoms with Gasteiger partial charge in [-0.05, 0) is 6.42 Å². The SMILES string of the molecule is CCCCCc1n[nH]c(-c2ccccc2)n1. The van der Waals surface area contributed by atoms with Gasteiger partial charge in [-0.2, -0.15) is 5.10 Å². The van der Waals surface area contributed by atoms with E-state index in [0.717, 1.165) is 23.6 Å². The van der Waals surface area contributed by atoms with Crippen molar-refractivity contribution in [2.24, 2.45) is 0 Å². The molecule has 3 nitrogen and oxygen atoms in total. The molecule has 16 heavy (non-hydrogen) atoms. The lowest BCUT2D eigenvalue weighted by Gasteiger charge is -1.94. The van der Waals surface area contributed by atoms with Gasteiger partial charge in [0.2, 0.25) is 0 Å². The van der Waals surface area contributed by atoms with Crippen molar-refractivity contribution in [2.75, 3.05) is 0 Å². The number of benzene rings is 1. The highest BCUT2D eigenvalue weighted by Crippen LogP contribution is 2.14. The summed E-state index contributed by atoms with van der Waals surface area (Å²) in [5.74, 6) is 1.79. The highest BCUT2D eigenvalue weighted by Gasteiger charge is 2.04. The molecule has 0 unspecified atom stereocenters. The third kappa shape index (κ3) is 2.69. The fourth-order valence-corrected chi connectivity index (χ4v) is 1.67. The molecule has 0 aliphatic heterocycles. The van der Waals surface area contributed by atoms with Crippen LogP contribution >= 0.6 is 0 Å². The number of unbranched alkanes of at least 4 members (excludes halogenated alkanes) is 2. The quantitative estimate of drug-likeness (QED) is 0.778. The molecule has 0 atom stereocenters. The molecular weight excluding hydrogens is 198 g/mol. The number of H-pyrrole nitrogens is 1. The molecule has 1 N–H and O–H groups in total. The number of aryl methyl sites for hydroxylation is 1. The predicted molar refractivity (Wildman–Crippen MR) is 65.0 cm³/mol. The summed E-state index contributed by atoms with van der Waals surface area (Å²) in [6, 6.07) is 10.1. The first-order valence-corrected chi connectivity index (χ1v) is 5.87. The number of hydrogen-bond donors (Lipinski definition) is 1. The Labute approximate surface area is 95.9 Å². The van der Waals surface area contributed by atoms with Crippen molar-refractivity contribution in [3.63, 3.8) is 0 Å². The second kappa shape index (κ2) is 5.45. The topological polar surface area (TPSA) is 41.6 Å². The summed E-state index contributed by atoms with van der Waals surface area (Å²) in [6.45, 7) is 2.20. The van der Waals surface area contributed by atoms with Gasteiger partial charge in [0.15, 0.2) is 11.6 Å². The average Bonchev–Trinajstić information content (AvgIpc) is 2.79. The van der Waals surface area contributed by atoms with Crippen LogP contribution in [0.5, 0.6) is 0 Å². The molecule has 0 radical (unpaired) electrons. The van der Waals surface area contributed by atoms with Crippen molar-refractivity contribution < 1.29 is 0 Å². The molecule has 2 rings (SSSR count).